The van der Waals surface area contributed by atoms with Crippen LogP contribution in [-0.2, 0) is 0 Å². The molecule has 0 unspecified atom stereocenters. The van der Waals surface area contributed by atoms with E-state index in [0.717, 1.165) is 16.1 Å². The number of thiazole rings is 1. The van der Waals surface area contributed by atoms with Crippen molar-refractivity contribution in [1.82, 2.24) is 4.98 Å². The molecule has 0 atom stereocenters. The maximum atomic E-state index is 5.48. The van der Waals surface area contributed by atoms with Crippen LogP contribution in [0.15, 0.2) is 36.4 Å². The molecule has 3 rings (SSSR count). The van der Waals surface area contributed by atoms with Crippen LogP contribution in [0.1, 0.15) is 10.6 Å². The van der Waals surface area contributed by atoms with E-state index in [-0.39, 0.29) is 0 Å². The third kappa shape index (κ3) is 3.00. The minimum absolute atomic E-state index is 0.585. The second-order valence-electron chi connectivity index (χ2n) is 4.78. The topological polar surface area (TPSA) is 40.6 Å². The fourth-order valence-corrected chi connectivity index (χ4v) is 3.25. The van der Waals surface area contributed by atoms with E-state index in [1.54, 1.807) is 32.7 Å². The highest BCUT2D eigenvalue weighted by Crippen LogP contribution is 2.40. The summed E-state index contributed by atoms with van der Waals surface area (Å²) in [7, 11) is 4.82. The van der Waals surface area contributed by atoms with Crippen molar-refractivity contribution in [3.05, 3.63) is 47.0 Å². The van der Waals surface area contributed by atoms with Gasteiger partial charge in [0, 0.05) is 5.56 Å². The van der Waals surface area contributed by atoms with Gasteiger partial charge < -0.3 is 14.2 Å². The Bertz CT molecular complexity index is 822. The van der Waals surface area contributed by atoms with Crippen molar-refractivity contribution >= 4 is 33.7 Å². The zero-order chi connectivity index (χ0) is 16.2. The number of aromatic nitrogens is 1. The number of methoxy groups -OCH3 is 3. The summed E-state index contributed by atoms with van der Waals surface area (Å²) in [6.07, 6.45) is 3.95. The number of rotatable bonds is 5. The van der Waals surface area contributed by atoms with Crippen molar-refractivity contribution in [2.24, 2.45) is 0 Å². The summed E-state index contributed by atoms with van der Waals surface area (Å²) in [6.45, 7) is 0. The summed E-state index contributed by atoms with van der Waals surface area (Å²) in [4.78, 5) is 4.59. The largest absolute Gasteiger partial charge is 0.493 e. The third-order valence-corrected chi connectivity index (χ3v) is 4.45. The normalized spacial score (nSPS) is 11.1. The first-order valence-electron chi connectivity index (χ1n) is 7.09. The van der Waals surface area contributed by atoms with Gasteiger partial charge in [0.2, 0.25) is 5.75 Å². The van der Waals surface area contributed by atoms with Crippen LogP contribution in [0, 0.1) is 0 Å². The molecule has 118 valence electrons. The second-order valence-corrected chi connectivity index (χ2v) is 5.84. The highest BCUT2D eigenvalue weighted by molar-refractivity contribution is 7.19. The van der Waals surface area contributed by atoms with Crippen LogP contribution in [0.25, 0.3) is 22.4 Å². The van der Waals surface area contributed by atoms with E-state index in [1.165, 1.54) is 4.70 Å². The van der Waals surface area contributed by atoms with Crippen LogP contribution in [0.5, 0.6) is 17.2 Å². The highest BCUT2D eigenvalue weighted by Gasteiger charge is 2.14. The number of hydrogen-bond acceptors (Lipinski definition) is 5. The fourth-order valence-electron chi connectivity index (χ4n) is 2.38. The van der Waals surface area contributed by atoms with E-state index >= 15 is 0 Å². The van der Waals surface area contributed by atoms with Crippen molar-refractivity contribution in [3.63, 3.8) is 0 Å². The summed E-state index contributed by atoms with van der Waals surface area (Å²) >= 11 is 1.65. The van der Waals surface area contributed by atoms with Gasteiger partial charge in [0.15, 0.2) is 11.5 Å². The van der Waals surface area contributed by atoms with Gasteiger partial charge in [0.25, 0.3) is 0 Å². The van der Waals surface area contributed by atoms with Gasteiger partial charge in [-0.3, -0.25) is 0 Å². The van der Waals surface area contributed by atoms with Gasteiger partial charge in [-0.2, -0.15) is 0 Å². The van der Waals surface area contributed by atoms with E-state index in [4.69, 9.17) is 14.2 Å². The Labute approximate surface area is 139 Å². The van der Waals surface area contributed by atoms with Gasteiger partial charge in [0.05, 0.1) is 31.5 Å². The lowest BCUT2D eigenvalue weighted by molar-refractivity contribution is 0.324. The van der Waals surface area contributed by atoms with Gasteiger partial charge in [-0.05, 0) is 36.4 Å². The first-order chi connectivity index (χ1) is 11.3. The third-order valence-electron chi connectivity index (χ3n) is 3.45. The van der Waals surface area contributed by atoms with Crippen LogP contribution in [0.4, 0.5) is 0 Å². The number of nitrogens with zero attached hydrogens (tertiary/aromatic N) is 1. The molecule has 23 heavy (non-hydrogen) atoms. The highest BCUT2D eigenvalue weighted by atomic mass is 32.1. The van der Waals surface area contributed by atoms with Crippen LogP contribution in [-0.4, -0.2) is 26.3 Å². The Morgan fingerprint density at radius 2 is 1.65 bits per heavy atom. The van der Waals surface area contributed by atoms with Crippen LogP contribution in [0.3, 0.4) is 0 Å². The lowest BCUT2D eigenvalue weighted by Gasteiger charge is -2.13. The van der Waals surface area contributed by atoms with Gasteiger partial charge >= 0.3 is 0 Å². The van der Waals surface area contributed by atoms with E-state index in [9.17, 15) is 0 Å². The number of hydrogen-bond donors (Lipinski definition) is 0. The minimum atomic E-state index is 0.585. The van der Waals surface area contributed by atoms with Crippen LogP contribution in [0.2, 0.25) is 0 Å². The molecule has 2 aromatic carbocycles. The molecule has 0 saturated carbocycles. The summed E-state index contributed by atoms with van der Waals surface area (Å²) in [6, 6.07) is 11.9. The molecule has 0 N–H and O–H groups in total. The van der Waals surface area contributed by atoms with Crippen molar-refractivity contribution in [2.45, 2.75) is 0 Å². The Kier molecular flexibility index (Phi) is 4.48. The number of para-hydroxylation sites is 1. The Hall–Kier alpha value is -2.53. The molecule has 3 aromatic rings. The minimum Gasteiger partial charge on any atom is -0.493 e. The van der Waals surface area contributed by atoms with Crippen molar-refractivity contribution < 1.29 is 14.2 Å². The lowest BCUT2D eigenvalue weighted by Crippen LogP contribution is -1.96. The van der Waals surface area contributed by atoms with Crippen molar-refractivity contribution in [3.8, 4) is 17.2 Å². The summed E-state index contributed by atoms with van der Waals surface area (Å²) < 4.78 is 17.4. The zero-order valence-electron chi connectivity index (χ0n) is 13.2. The monoisotopic (exact) mass is 327 g/mol. The van der Waals surface area contributed by atoms with Gasteiger partial charge in [-0.25, -0.2) is 4.98 Å². The molecule has 1 aromatic heterocycles. The number of ether oxygens (including phenoxy) is 3. The molecule has 0 fully saturated rings. The average Bonchev–Trinajstić information content (AvgIpc) is 3.01. The smallest absolute Gasteiger partial charge is 0.203 e. The zero-order valence-corrected chi connectivity index (χ0v) is 14.0. The maximum Gasteiger partial charge on any atom is 0.203 e. The number of fused-ring (bicyclic) bond motifs is 1. The Morgan fingerprint density at radius 1 is 0.870 bits per heavy atom. The number of benzene rings is 2. The van der Waals surface area contributed by atoms with E-state index < -0.39 is 0 Å². The molecular weight excluding hydrogens is 310 g/mol. The van der Waals surface area contributed by atoms with Crippen LogP contribution < -0.4 is 14.2 Å². The summed E-state index contributed by atoms with van der Waals surface area (Å²) in [5.74, 6) is 1.87. The molecule has 0 spiro atoms. The molecular formula is C18H17NO3S. The molecule has 1 heterocycles. The fraction of sp³-hybridized carbons (Fsp3) is 0.167. The standard InChI is InChI=1S/C18H17NO3S/c1-20-14-10-8-12(17(21-2)18(14)22-3)9-11-16-19-13-6-4-5-7-15(13)23-16/h4-11H,1-3H3/b11-9+. The van der Waals surface area contributed by atoms with Crippen molar-refractivity contribution in [1.29, 1.82) is 0 Å². The Morgan fingerprint density at radius 3 is 2.35 bits per heavy atom. The van der Waals surface area contributed by atoms with Crippen LogP contribution >= 0.6 is 11.3 Å². The first kappa shape index (κ1) is 15.4. The predicted molar refractivity (Wildman–Crippen MR) is 94.6 cm³/mol. The van der Waals surface area contributed by atoms with Gasteiger partial charge in [-0.15, -0.1) is 11.3 Å². The second kappa shape index (κ2) is 6.71. The van der Waals surface area contributed by atoms with E-state index in [1.807, 2.05) is 42.5 Å². The Balaban J connectivity index is 1.98. The molecule has 0 radical (unpaired) electrons. The van der Waals surface area contributed by atoms with Crippen molar-refractivity contribution in [2.75, 3.05) is 21.3 Å². The first-order valence-corrected chi connectivity index (χ1v) is 7.91. The lowest BCUT2D eigenvalue weighted by atomic mass is 10.1. The van der Waals surface area contributed by atoms with E-state index in [2.05, 4.69) is 11.1 Å². The molecule has 4 nitrogen and oxygen atoms in total. The molecule has 0 aliphatic rings. The molecule has 5 heteroatoms. The average molecular weight is 327 g/mol. The molecule has 0 amide bonds. The molecule has 0 saturated heterocycles. The summed E-state index contributed by atoms with van der Waals surface area (Å²) in [5, 5.41) is 0.947. The predicted octanol–water partition coefficient (Wildman–Crippen LogP) is 4.49. The molecule has 0 aliphatic heterocycles. The van der Waals surface area contributed by atoms with Gasteiger partial charge in [0.1, 0.15) is 5.01 Å². The van der Waals surface area contributed by atoms with E-state index in [0.29, 0.717) is 17.2 Å². The molecule has 0 aliphatic carbocycles. The SMILES string of the molecule is COc1ccc(/C=C/c2nc3ccccc3s2)c(OC)c1OC. The quantitative estimate of drug-likeness (QED) is 0.692. The summed E-state index contributed by atoms with van der Waals surface area (Å²) in [5.41, 5.74) is 1.92. The van der Waals surface area contributed by atoms with Gasteiger partial charge in [-0.1, -0.05) is 12.1 Å². The molecule has 0 bridgehead atoms. The maximum absolute atomic E-state index is 5.48.